The van der Waals surface area contributed by atoms with Crippen molar-refractivity contribution in [3.8, 4) is 0 Å². The molecule has 136 valence electrons. The highest BCUT2D eigenvalue weighted by molar-refractivity contribution is 6.02. The molecule has 2 aromatic carbocycles. The summed E-state index contributed by atoms with van der Waals surface area (Å²) in [7, 11) is 0. The molecule has 0 aliphatic carbocycles. The van der Waals surface area contributed by atoms with E-state index in [1.807, 2.05) is 49.5 Å². The van der Waals surface area contributed by atoms with Gasteiger partial charge in [-0.05, 0) is 53.8 Å². The van der Waals surface area contributed by atoms with Gasteiger partial charge >= 0.3 is 0 Å². The number of pyridine rings is 1. The Hall–Kier alpha value is -3.27. The van der Waals surface area contributed by atoms with Gasteiger partial charge in [-0.25, -0.2) is 0 Å². The van der Waals surface area contributed by atoms with Crippen LogP contribution in [-0.4, -0.2) is 10.9 Å². The van der Waals surface area contributed by atoms with Crippen molar-refractivity contribution in [1.82, 2.24) is 4.98 Å². The average molecular weight is 359 g/mol. The minimum atomic E-state index is -1.03. The van der Waals surface area contributed by atoms with Crippen LogP contribution in [0.15, 0.2) is 66.9 Å². The van der Waals surface area contributed by atoms with Crippen LogP contribution >= 0.6 is 0 Å². The van der Waals surface area contributed by atoms with Gasteiger partial charge in [0.25, 0.3) is 0 Å². The third-order valence-electron chi connectivity index (χ3n) is 4.56. The normalized spacial score (nSPS) is 11.8. The molecule has 0 saturated heterocycles. The number of nitrogen functional groups attached to an aromatic ring is 1. The molecule has 0 fully saturated rings. The monoisotopic (exact) mass is 359 g/mol. The number of nitrogens with zero attached hydrogens (tertiary/aromatic N) is 1. The predicted octanol–water partition coefficient (Wildman–Crippen LogP) is 5.64. The zero-order chi connectivity index (χ0) is 19.4. The number of anilines is 1. The first-order chi connectivity index (χ1) is 13.0. The number of aryl methyl sites for hydroxylation is 1. The number of allylic oxidation sites excluding steroid dienone is 1. The number of hydrogen-bond donors (Lipinski definition) is 2. The summed E-state index contributed by atoms with van der Waals surface area (Å²) < 4.78 is 13.7. The van der Waals surface area contributed by atoms with Crippen LogP contribution in [0.4, 0.5) is 10.1 Å². The van der Waals surface area contributed by atoms with Crippen LogP contribution in [0.2, 0.25) is 0 Å². The largest absolute Gasteiger partial charge is 0.398 e. The summed E-state index contributed by atoms with van der Waals surface area (Å²) in [4.78, 5) is 4.44. The molecule has 1 heterocycles. The van der Waals surface area contributed by atoms with Crippen LogP contribution in [-0.2, 0) is 0 Å². The van der Waals surface area contributed by atoms with Gasteiger partial charge in [0.2, 0.25) is 5.97 Å². The highest BCUT2D eigenvalue weighted by Gasteiger charge is 2.16. The number of benzene rings is 2. The van der Waals surface area contributed by atoms with Crippen molar-refractivity contribution in [2.24, 2.45) is 0 Å². The van der Waals surface area contributed by atoms with E-state index in [0.29, 0.717) is 0 Å². The van der Waals surface area contributed by atoms with Crippen molar-refractivity contribution in [1.29, 1.82) is 5.41 Å². The molecule has 0 spiro atoms. The molecule has 3 N–H and O–H groups in total. The van der Waals surface area contributed by atoms with E-state index in [4.69, 9.17) is 11.1 Å². The molecule has 0 aliphatic heterocycles. The van der Waals surface area contributed by atoms with Gasteiger partial charge in [0.15, 0.2) is 0 Å². The maximum Gasteiger partial charge on any atom is 0.214 e. The molecule has 27 heavy (non-hydrogen) atoms. The van der Waals surface area contributed by atoms with Crippen LogP contribution in [0.25, 0.3) is 11.1 Å². The summed E-state index contributed by atoms with van der Waals surface area (Å²) in [5.41, 5.74) is 12.1. The quantitative estimate of drug-likeness (QED) is 0.352. The van der Waals surface area contributed by atoms with Crippen molar-refractivity contribution in [3.63, 3.8) is 0 Å². The van der Waals surface area contributed by atoms with Gasteiger partial charge in [-0.15, -0.1) is 0 Å². The van der Waals surface area contributed by atoms with E-state index < -0.39 is 5.97 Å². The van der Waals surface area contributed by atoms with Gasteiger partial charge in [0, 0.05) is 23.1 Å². The summed E-state index contributed by atoms with van der Waals surface area (Å²) in [5, 5.41) is 7.39. The Morgan fingerprint density at radius 2 is 1.70 bits per heavy atom. The van der Waals surface area contributed by atoms with Gasteiger partial charge in [-0.3, -0.25) is 10.4 Å². The molecule has 0 amide bonds. The van der Waals surface area contributed by atoms with E-state index in [9.17, 15) is 4.39 Å². The Morgan fingerprint density at radius 1 is 1.00 bits per heavy atom. The molecular weight excluding hydrogens is 337 g/mol. The second-order valence-electron chi connectivity index (χ2n) is 6.38. The van der Waals surface area contributed by atoms with Gasteiger partial charge in [-0.2, -0.15) is 4.39 Å². The lowest BCUT2D eigenvalue weighted by Crippen LogP contribution is -2.02. The van der Waals surface area contributed by atoms with E-state index in [2.05, 4.69) is 24.0 Å². The Kier molecular flexibility index (Phi) is 5.46. The first-order valence-corrected chi connectivity index (χ1v) is 8.87. The Morgan fingerprint density at radius 3 is 2.30 bits per heavy atom. The Balaban J connectivity index is 2.32. The molecule has 0 unspecified atom stereocenters. The highest BCUT2D eigenvalue weighted by atomic mass is 19.1. The van der Waals surface area contributed by atoms with Gasteiger partial charge in [0.05, 0.1) is 5.56 Å². The zero-order valence-electron chi connectivity index (χ0n) is 15.5. The lowest BCUT2D eigenvalue weighted by Gasteiger charge is -2.17. The van der Waals surface area contributed by atoms with Crippen molar-refractivity contribution >= 4 is 22.8 Å². The van der Waals surface area contributed by atoms with Crippen molar-refractivity contribution in [2.45, 2.75) is 20.3 Å². The maximum atomic E-state index is 13.7. The molecule has 3 rings (SSSR count). The van der Waals surface area contributed by atoms with Crippen LogP contribution in [0.5, 0.6) is 0 Å². The molecule has 1 aromatic heterocycles. The smallest absolute Gasteiger partial charge is 0.214 e. The van der Waals surface area contributed by atoms with E-state index in [0.717, 1.165) is 40.0 Å². The topological polar surface area (TPSA) is 62.8 Å². The van der Waals surface area contributed by atoms with Crippen LogP contribution in [0, 0.1) is 12.3 Å². The summed E-state index contributed by atoms with van der Waals surface area (Å²) in [5.74, 6) is -1.03. The van der Waals surface area contributed by atoms with Crippen LogP contribution < -0.4 is 5.73 Å². The first kappa shape index (κ1) is 18.5. The molecule has 0 saturated carbocycles. The summed E-state index contributed by atoms with van der Waals surface area (Å²) in [6, 6.07) is 19.3. The van der Waals surface area contributed by atoms with E-state index >= 15 is 0 Å². The number of hydrogen-bond acceptors (Lipinski definition) is 3. The zero-order valence-corrected chi connectivity index (χ0v) is 15.5. The van der Waals surface area contributed by atoms with Crippen molar-refractivity contribution in [3.05, 3.63) is 94.8 Å². The standard InChI is InChI=1S/C23H22FN3/c1-3-19(16-7-5-4-6-8-16)22(18-10-9-15(2)27-14-18)17-11-12-21(25)20(13-17)23(24)26/h4-14,26H,3,25H2,1-2H3/b22-19-,26-23?. The molecule has 3 nitrogen and oxygen atoms in total. The van der Waals surface area contributed by atoms with E-state index in [1.165, 1.54) is 0 Å². The minimum absolute atomic E-state index is 0.105. The molecule has 0 bridgehead atoms. The molecule has 0 radical (unpaired) electrons. The lowest BCUT2D eigenvalue weighted by atomic mass is 9.88. The number of nitrogens with one attached hydrogen (secondary N) is 1. The summed E-state index contributed by atoms with van der Waals surface area (Å²) in [6.07, 6.45) is 2.63. The molecular formula is C23H22FN3. The molecule has 0 aliphatic rings. The Bertz CT molecular complexity index is 990. The van der Waals surface area contributed by atoms with Crippen LogP contribution in [0.3, 0.4) is 0 Å². The third kappa shape index (κ3) is 3.95. The van der Waals surface area contributed by atoms with Gasteiger partial charge in [-0.1, -0.05) is 49.4 Å². The highest BCUT2D eigenvalue weighted by Crippen LogP contribution is 2.35. The summed E-state index contributed by atoms with van der Waals surface area (Å²) in [6.45, 7) is 4.04. The minimum Gasteiger partial charge on any atom is -0.398 e. The number of nitrogens with two attached hydrogens (primary N) is 1. The third-order valence-corrected chi connectivity index (χ3v) is 4.56. The van der Waals surface area contributed by atoms with Crippen LogP contribution in [0.1, 0.15) is 41.3 Å². The number of aromatic nitrogens is 1. The van der Waals surface area contributed by atoms with Gasteiger partial charge in [0.1, 0.15) is 0 Å². The maximum absolute atomic E-state index is 13.7. The first-order valence-electron chi connectivity index (χ1n) is 8.87. The Labute approximate surface area is 158 Å². The second kappa shape index (κ2) is 7.96. The fourth-order valence-electron chi connectivity index (χ4n) is 3.20. The lowest BCUT2D eigenvalue weighted by molar-refractivity contribution is 0.798. The van der Waals surface area contributed by atoms with Crippen molar-refractivity contribution < 1.29 is 4.39 Å². The number of halogens is 1. The van der Waals surface area contributed by atoms with Crippen molar-refractivity contribution in [2.75, 3.05) is 5.73 Å². The fourth-order valence-corrected chi connectivity index (χ4v) is 3.20. The average Bonchev–Trinajstić information content (AvgIpc) is 2.68. The summed E-state index contributed by atoms with van der Waals surface area (Å²) >= 11 is 0. The fraction of sp³-hybridized carbons (Fsp3) is 0.130. The predicted molar refractivity (Wildman–Crippen MR) is 110 cm³/mol. The SMILES string of the molecule is CC/C(=C(/c1ccc(C)nc1)c1ccc(N)c(C(=N)F)c1)c1ccccc1. The molecule has 4 heteroatoms. The second-order valence-corrected chi connectivity index (χ2v) is 6.38. The number of rotatable bonds is 5. The van der Waals surface area contributed by atoms with Gasteiger partial charge < -0.3 is 5.73 Å². The van der Waals surface area contributed by atoms with E-state index in [-0.39, 0.29) is 11.3 Å². The molecule has 0 atom stereocenters. The molecule has 3 aromatic rings. The van der Waals surface area contributed by atoms with E-state index in [1.54, 1.807) is 12.1 Å².